The summed E-state index contributed by atoms with van der Waals surface area (Å²) in [5, 5.41) is 30.0. The Morgan fingerprint density at radius 3 is 2.74 bits per heavy atom. The summed E-state index contributed by atoms with van der Waals surface area (Å²) in [6.45, 7) is 3.80. The van der Waals surface area contributed by atoms with Gasteiger partial charge < -0.3 is 24.8 Å². The van der Waals surface area contributed by atoms with Crippen LogP contribution < -0.4 is 4.74 Å². The number of ether oxygens (including phenoxy) is 2. The molecule has 2 aliphatic heterocycles. The predicted octanol–water partition coefficient (Wildman–Crippen LogP) is 2.23. The van der Waals surface area contributed by atoms with Crippen LogP contribution in [0.4, 0.5) is 4.79 Å². The van der Waals surface area contributed by atoms with Crippen LogP contribution in [0.25, 0.3) is 0 Å². The molecule has 1 spiro atoms. The minimum Gasteiger partial charge on any atom is -0.504 e. The molecule has 2 bridgehead atoms. The largest absolute Gasteiger partial charge is 0.505 e. The molecule has 6 rings (SSSR count). The number of carbonyl (C=O) groups excluding carboxylic acids is 1. The van der Waals surface area contributed by atoms with Gasteiger partial charge in [0.1, 0.15) is 0 Å². The first-order chi connectivity index (χ1) is 14.8. The van der Waals surface area contributed by atoms with E-state index in [1.807, 2.05) is 6.07 Å². The molecule has 3 N–H and O–H groups in total. The molecule has 0 unspecified atom stereocenters. The number of ketones is 1. The van der Waals surface area contributed by atoms with E-state index in [0.29, 0.717) is 18.6 Å². The summed E-state index contributed by atoms with van der Waals surface area (Å²) in [5.41, 5.74) is 0.454. The van der Waals surface area contributed by atoms with E-state index >= 15 is 0 Å². The van der Waals surface area contributed by atoms with Crippen LogP contribution in [-0.2, 0) is 21.4 Å². The highest BCUT2D eigenvalue weighted by Gasteiger charge is 2.73. The monoisotopic (exact) mass is 431 g/mol. The first-order valence-corrected chi connectivity index (χ1v) is 11.2. The molecule has 0 aromatic heterocycles. The molecule has 4 atom stereocenters. The van der Waals surface area contributed by atoms with E-state index in [1.54, 1.807) is 13.0 Å². The number of aromatic hydroxyl groups is 1. The van der Waals surface area contributed by atoms with Gasteiger partial charge in [0.2, 0.25) is 0 Å². The van der Waals surface area contributed by atoms with Crippen LogP contribution in [0.2, 0.25) is 0 Å². The summed E-state index contributed by atoms with van der Waals surface area (Å²) in [6.07, 6.45) is 3.12. The standard InChI is InChI=1S/C20H23NO4.C3H6O3/c22-13-4-3-12-9-15-20(24)6-5-14(23)18-19(20,16(12)17(13)25-18)7-8-21(15)10-11-1-2-11;1-2-6-3(4)5/h3-4,11,15,18,22,24H,1-2,5-10H2;2H2,1H3,(H,4,5)/t15-,18+,19+,20-;/m1./s1. The van der Waals surface area contributed by atoms with Crippen molar-refractivity contribution < 1.29 is 34.4 Å². The summed E-state index contributed by atoms with van der Waals surface area (Å²) in [4.78, 5) is 24.6. The van der Waals surface area contributed by atoms with E-state index in [2.05, 4.69) is 9.64 Å². The Balaban J connectivity index is 0.000000303. The smallest absolute Gasteiger partial charge is 0.504 e. The lowest BCUT2D eigenvalue weighted by atomic mass is 9.49. The number of hydrogen-bond acceptors (Lipinski definition) is 7. The van der Waals surface area contributed by atoms with Gasteiger partial charge in [-0.05, 0) is 63.1 Å². The molecule has 1 saturated heterocycles. The maximum absolute atomic E-state index is 12.7. The van der Waals surface area contributed by atoms with E-state index in [-0.39, 0.29) is 24.2 Å². The molecule has 2 saturated carbocycles. The maximum atomic E-state index is 12.7. The van der Waals surface area contributed by atoms with Crippen LogP contribution >= 0.6 is 0 Å². The Morgan fingerprint density at radius 2 is 2.10 bits per heavy atom. The van der Waals surface area contributed by atoms with Gasteiger partial charge in [0.15, 0.2) is 23.4 Å². The number of carboxylic acid groups (broad SMARTS) is 1. The second-order valence-corrected chi connectivity index (χ2v) is 9.41. The summed E-state index contributed by atoms with van der Waals surface area (Å²) in [7, 11) is 0. The Hall–Kier alpha value is -2.32. The number of aliphatic hydroxyl groups is 1. The summed E-state index contributed by atoms with van der Waals surface area (Å²) >= 11 is 0. The van der Waals surface area contributed by atoms with Gasteiger partial charge in [-0.3, -0.25) is 9.69 Å². The minimum atomic E-state index is -1.21. The van der Waals surface area contributed by atoms with Crippen molar-refractivity contribution >= 4 is 11.9 Å². The number of likely N-dealkylation sites (tertiary alicyclic amines) is 1. The van der Waals surface area contributed by atoms with Gasteiger partial charge in [-0.2, -0.15) is 0 Å². The van der Waals surface area contributed by atoms with Crippen LogP contribution in [0.1, 0.15) is 50.2 Å². The molecule has 0 amide bonds. The van der Waals surface area contributed by atoms with Crippen molar-refractivity contribution in [3.63, 3.8) is 0 Å². The second-order valence-electron chi connectivity index (χ2n) is 9.41. The normalized spacial score (nSPS) is 34.8. The topological polar surface area (TPSA) is 117 Å². The zero-order valence-corrected chi connectivity index (χ0v) is 17.7. The Labute approximate surface area is 180 Å². The highest BCUT2D eigenvalue weighted by molar-refractivity contribution is 5.90. The summed E-state index contributed by atoms with van der Waals surface area (Å²) in [6, 6.07) is 3.69. The number of benzene rings is 1. The number of phenols is 1. The fraction of sp³-hybridized carbons (Fsp3) is 0.652. The van der Waals surface area contributed by atoms with Crippen LogP contribution in [0.3, 0.4) is 0 Å². The van der Waals surface area contributed by atoms with Gasteiger partial charge >= 0.3 is 6.16 Å². The lowest BCUT2D eigenvalue weighted by molar-refractivity contribution is -0.188. The molecule has 8 nitrogen and oxygen atoms in total. The molecule has 0 radical (unpaired) electrons. The van der Waals surface area contributed by atoms with Crippen molar-refractivity contribution in [2.75, 3.05) is 19.7 Å². The van der Waals surface area contributed by atoms with Crippen molar-refractivity contribution in [2.45, 2.75) is 68.6 Å². The highest BCUT2D eigenvalue weighted by Crippen LogP contribution is 2.64. The van der Waals surface area contributed by atoms with Crippen molar-refractivity contribution in [3.8, 4) is 11.5 Å². The second kappa shape index (κ2) is 7.10. The molecule has 3 aliphatic carbocycles. The number of hydrogen-bond donors (Lipinski definition) is 3. The average Bonchev–Trinajstić information content (AvgIpc) is 3.46. The Kier molecular flexibility index (Phi) is 4.71. The zero-order chi connectivity index (χ0) is 22.0. The Bertz CT molecular complexity index is 929. The lowest BCUT2D eigenvalue weighted by Gasteiger charge is -2.62. The summed E-state index contributed by atoms with van der Waals surface area (Å²) in [5.74, 6) is 1.39. The van der Waals surface area contributed by atoms with Crippen LogP contribution in [0.15, 0.2) is 12.1 Å². The molecule has 1 aromatic carbocycles. The number of carbonyl (C=O) groups is 2. The predicted molar refractivity (Wildman–Crippen MR) is 109 cm³/mol. The fourth-order valence-corrected chi connectivity index (χ4v) is 6.39. The third-order valence-corrected chi connectivity index (χ3v) is 7.83. The first kappa shape index (κ1) is 20.6. The van der Waals surface area contributed by atoms with Crippen LogP contribution in [0.5, 0.6) is 11.5 Å². The van der Waals surface area contributed by atoms with Crippen molar-refractivity contribution in [1.82, 2.24) is 4.90 Å². The molecule has 8 heteroatoms. The molecule has 2 heterocycles. The molecule has 1 aromatic rings. The van der Waals surface area contributed by atoms with Crippen LogP contribution in [0, 0.1) is 5.92 Å². The molecule has 168 valence electrons. The SMILES string of the molecule is CCOC(=O)O.O=C1CC[C@@]2(O)[C@H]3Cc4ccc(O)c5c4[C@@]2(CCN3CC2CC2)[C@H]1O5. The lowest BCUT2D eigenvalue weighted by Crippen LogP contribution is -2.76. The molecule has 31 heavy (non-hydrogen) atoms. The third-order valence-electron chi connectivity index (χ3n) is 7.83. The number of rotatable bonds is 3. The maximum Gasteiger partial charge on any atom is 0.505 e. The van der Waals surface area contributed by atoms with E-state index in [0.717, 1.165) is 43.0 Å². The van der Waals surface area contributed by atoms with E-state index in [1.165, 1.54) is 12.8 Å². The quantitative estimate of drug-likeness (QED) is 0.624. The van der Waals surface area contributed by atoms with Crippen LogP contribution in [-0.4, -0.2) is 69.6 Å². The molecule has 3 fully saturated rings. The van der Waals surface area contributed by atoms with Gasteiger partial charge in [0.25, 0.3) is 0 Å². The molecular formula is C23H29NO7. The third kappa shape index (κ3) is 2.88. The van der Waals surface area contributed by atoms with E-state index in [4.69, 9.17) is 9.84 Å². The van der Waals surface area contributed by atoms with Crippen molar-refractivity contribution in [2.24, 2.45) is 5.92 Å². The van der Waals surface area contributed by atoms with Gasteiger partial charge in [0.05, 0.1) is 17.6 Å². The van der Waals surface area contributed by atoms with Gasteiger partial charge in [-0.15, -0.1) is 0 Å². The molecular weight excluding hydrogens is 402 g/mol. The zero-order valence-electron chi connectivity index (χ0n) is 17.7. The van der Waals surface area contributed by atoms with Gasteiger partial charge in [-0.1, -0.05) is 6.07 Å². The number of nitrogens with zero attached hydrogens (tertiary/aromatic N) is 1. The highest BCUT2D eigenvalue weighted by atomic mass is 16.7. The Morgan fingerprint density at radius 1 is 1.32 bits per heavy atom. The molecule has 5 aliphatic rings. The van der Waals surface area contributed by atoms with E-state index < -0.39 is 23.3 Å². The van der Waals surface area contributed by atoms with Gasteiger partial charge in [0, 0.05) is 24.6 Å². The number of Topliss-reactive ketones (excluding diaryl/α,β-unsaturated/α-hetero) is 1. The summed E-state index contributed by atoms with van der Waals surface area (Å²) < 4.78 is 10.00. The number of piperidine rings is 1. The first-order valence-electron chi connectivity index (χ1n) is 11.2. The minimum absolute atomic E-state index is 0.0454. The van der Waals surface area contributed by atoms with Crippen molar-refractivity contribution in [1.29, 1.82) is 0 Å². The number of phenolic OH excluding ortho intramolecular Hbond substituents is 1. The fourth-order valence-electron chi connectivity index (χ4n) is 6.39. The van der Waals surface area contributed by atoms with Crippen molar-refractivity contribution in [3.05, 3.63) is 23.3 Å². The van der Waals surface area contributed by atoms with E-state index in [9.17, 15) is 19.8 Å². The van der Waals surface area contributed by atoms with Gasteiger partial charge in [-0.25, -0.2) is 4.79 Å². The average molecular weight is 431 g/mol.